The summed E-state index contributed by atoms with van der Waals surface area (Å²) >= 11 is 0. The highest BCUT2D eigenvalue weighted by Crippen LogP contribution is 2.05. The molecule has 7 nitrogen and oxygen atoms in total. The molecule has 0 saturated carbocycles. The highest BCUT2D eigenvalue weighted by atomic mass is 16.4. The number of rotatable bonds is 10. The third-order valence-electron chi connectivity index (χ3n) is 2.94. The Labute approximate surface area is 119 Å². The first-order valence-electron chi connectivity index (χ1n) is 7.01. The van der Waals surface area contributed by atoms with Gasteiger partial charge in [-0.3, -0.25) is 4.79 Å². The monoisotopic (exact) mass is 287 g/mol. The lowest BCUT2D eigenvalue weighted by molar-refractivity contribution is -0.142. The van der Waals surface area contributed by atoms with Gasteiger partial charge in [-0.1, -0.05) is 39.5 Å². The minimum Gasteiger partial charge on any atom is -0.480 e. The van der Waals surface area contributed by atoms with Gasteiger partial charge in [0, 0.05) is 0 Å². The summed E-state index contributed by atoms with van der Waals surface area (Å²) in [5, 5.41) is 13.9. The van der Waals surface area contributed by atoms with E-state index in [1.165, 1.54) is 0 Å². The average molecular weight is 287 g/mol. The van der Waals surface area contributed by atoms with E-state index in [9.17, 15) is 14.4 Å². The number of nitrogens with two attached hydrogens (primary N) is 1. The lowest BCUT2D eigenvalue weighted by atomic mass is 10.1. The first kappa shape index (κ1) is 18.2. The molecule has 0 aromatic heterocycles. The Morgan fingerprint density at radius 3 is 1.90 bits per heavy atom. The van der Waals surface area contributed by atoms with E-state index < -0.39 is 30.0 Å². The minimum atomic E-state index is -1.07. The van der Waals surface area contributed by atoms with Crippen LogP contribution in [-0.2, 0) is 9.59 Å². The summed E-state index contributed by atoms with van der Waals surface area (Å²) in [5.41, 5.74) is 5.03. The van der Waals surface area contributed by atoms with E-state index in [2.05, 4.69) is 10.6 Å². The number of amides is 3. The summed E-state index contributed by atoms with van der Waals surface area (Å²) < 4.78 is 0. The summed E-state index contributed by atoms with van der Waals surface area (Å²) in [6, 6.07) is -2.50. The van der Waals surface area contributed by atoms with Gasteiger partial charge < -0.3 is 21.5 Å². The number of hydrogen-bond acceptors (Lipinski definition) is 3. The Morgan fingerprint density at radius 2 is 1.50 bits per heavy atom. The van der Waals surface area contributed by atoms with Crippen LogP contribution in [0.2, 0.25) is 0 Å². The summed E-state index contributed by atoms with van der Waals surface area (Å²) in [6.07, 6.45) is 3.96. The van der Waals surface area contributed by atoms with Gasteiger partial charge in [0.2, 0.25) is 5.91 Å². The summed E-state index contributed by atoms with van der Waals surface area (Å²) in [7, 11) is 0. The molecule has 0 aliphatic heterocycles. The maximum Gasteiger partial charge on any atom is 0.326 e. The van der Waals surface area contributed by atoms with Crippen LogP contribution in [0.3, 0.4) is 0 Å². The number of carboxylic acid groups (broad SMARTS) is 1. The van der Waals surface area contributed by atoms with Gasteiger partial charge in [-0.25, -0.2) is 9.59 Å². The predicted octanol–water partition coefficient (Wildman–Crippen LogP) is 0.973. The first-order valence-corrected chi connectivity index (χ1v) is 7.01. The number of urea groups is 1. The van der Waals surface area contributed by atoms with E-state index in [0.29, 0.717) is 19.3 Å². The fraction of sp³-hybridized carbons (Fsp3) is 0.769. The van der Waals surface area contributed by atoms with Gasteiger partial charge in [0.15, 0.2) is 0 Å². The van der Waals surface area contributed by atoms with Crippen LogP contribution in [0.1, 0.15) is 52.4 Å². The van der Waals surface area contributed by atoms with E-state index >= 15 is 0 Å². The number of carboxylic acids is 1. The van der Waals surface area contributed by atoms with Gasteiger partial charge in [0.1, 0.15) is 12.1 Å². The van der Waals surface area contributed by atoms with E-state index in [1.807, 2.05) is 13.8 Å². The van der Waals surface area contributed by atoms with E-state index in [4.69, 9.17) is 10.8 Å². The van der Waals surface area contributed by atoms with Crippen LogP contribution in [0.15, 0.2) is 0 Å². The molecule has 0 bridgehead atoms. The van der Waals surface area contributed by atoms with Crippen LogP contribution in [-0.4, -0.2) is 35.1 Å². The Hall–Kier alpha value is -1.79. The molecule has 0 fully saturated rings. The largest absolute Gasteiger partial charge is 0.480 e. The summed E-state index contributed by atoms with van der Waals surface area (Å²) in [4.78, 5) is 34.0. The lowest BCUT2D eigenvalue weighted by Gasteiger charge is -2.20. The third kappa shape index (κ3) is 7.60. The van der Waals surface area contributed by atoms with Crippen LogP contribution >= 0.6 is 0 Å². The number of nitrogens with one attached hydrogen (secondary N) is 2. The molecule has 0 heterocycles. The van der Waals surface area contributed by atoms with Gasteiger partial charge in [-0.2, -0.15) is 0 Å². The van der Waals surface area contributed by atoms with Crippen LogP contribution in [0.5, 0.6) is 0 Å². The number of primary amides is 1. The minimum absolute atomic E-state index is 0.370. The zero-order chi connectivity index (χ0) is 15.5. The summed E-state index contributed by atoms with van der Waals surface area (Å²) in [5.74, 6) is -1.57. The van der Waals surface area contributed by atoms with Crippen molar-refractivity contribution in [2.45, 2.75) is 64.5 Å². The van der Waals surface area contributed by atoms with Crippen molar-refractivity contribution in [2.24, 2.45) is 5.73 Å². The van der Waals surface area contributed by atoms with Crippen molar-refractivity contribution in [1.29, 1.82) is 0 Å². The van der Waals surface area contributed by atoms with Crippen LogP contribution in [0.25, 0.3) is 0 Å². The SMILES string of the molecule is CCCCC(NC(N)=O)C(=O)N[C@@H](CCCC)C(=O)O. The molecule has 116 valence electrons. The fourth-order valence-electron chi connectivity index (χ4n) is 1.79. The molecule has 0 aliphatic carbocycles. The van der Waals surface area contributed by atoms with Crippen molar-refractivity contribution in [3.63, 3.8) is 0 Å². The van der Waals surface area contributed by atoms with Crippen LogP contribution < -0.4 is 16.4 Å². The normalized spacial score (nSPS) is 13.3. The summed E-state index contributed by atoms with van der Waals surface area (Å²) in [6.45, 7) is 3.90. The molecule has 1 unspecified atom stereocenters. The van der Waals surface area contributed by atoms with Crippen molar-refractivity contribution in [3.8, 4) is 0 Å². The number of hydrogen-bond donors (Lipinski definition) is 4. The maximum atomic E-state index is 12.0. The Balaban J connectivity index is 4.59. The zero-order valence-electron chi connectivity index (χ0n) is 12.1. The van der Waals surface area contributed by atoms with Crippen molar-refractivity contribution in [1.82, 2.24) is 10.6 Å². The van der Waals surface area contributed by atoms with E-state index in [1.54, 1.807) is 0 Å². The quantitative estimate of drug-likeness (QED) is 0.478. The molecule has 0 rings (SSSR count). The van der Waals surface area contributed by atoms with Crippen LogP contribution in [0.4, 0.5) is 4.79 Å². The number of unbranched alkanes of at least 4 members (excludes halogenated alkanes) is 2. The second kappa shape index (κ2) is 10.1. The Morgan fingerprint density at radius 1 is 1.00 bits per heavy atom. The third-order valence-corrected chi connectivity index (χ3v) is 2.94. The zero-order valence-corrected chi connectivity index (χ0v) is 12.1. The van der Waals surface area contributed by atoms with Gasteiger partial charge >= 0.3 is 12.0 Å². The Bertz CT molecular complexity index is 334. The highest BCUT2D eigenvalue weighted by Gasteiger charge is 2.25. The molecule has 3 amide bonds. The van der Waals surface area contributed by atoms with Gasteiger partial charge in [0.05, 0.1) is 0 Å². The molecule has 7 heteroatoms. The molecular formula is C13H25N3O4. The molecule has 0 spiro atoms. The average Bonchev–Trinajstić information content (AvgIpc) is 2.38. The van der Waals surface area contributed by atoms with Gasteiger partial charge in [0.25, 0.3) is 0 Å². The standard InChI is InChI=1S/C13H25N3O4/c1-3-5-7-9(16-13(14)20)11(17)15-10(12(18)19)8-6-4-2/h9-10H,3-8H2,1-2H3,(H,15,17)(H,18,19)(H3,14,16,20)/t9?,10-/m0/s1. The topological polar surface area (TPSA) is 122 Å². The predicted molar refractivity (Wildman–Crippen MR) is 75.1 cm³/mol. The van der Waals surface area contributed by atoms with Crippen LogP contribution in [0, 0.1) is 0 Å². The molecule has 20 heavy (non-hydrogen) atoms. The second-order valence-corrected chi connectivity index (χ2v) is 4.75. The van der Waals surface area contributed by atoms with Crippen molar-refractivity contribution >= 4 is 17.9 Å². The Kier molecular flexibility index (Phi) is 9.15. The molecule has 0 aromatic rings. The molecule has 0 saturated heterocycles. The van der Waals surface area contributed by atoms with Gasteiger partial charge in [-0.15, -0.1) is 0 Å². The van der Waals surface area contributed by atoms with E-state index in [0.717, 1.165) is 19.3 Å². The van der Waals surface area contributed by atoms with Crippen molar-refractivity contribution in [3.05, 3.63) is 0 Å². The lowest BCUT2D eigenvalue weighted by Crippen LogP contribution is -2.52. The highest BCUT2D eigenvalue weighted by molar-refractivity contribution is 5.89. The molecule has 2 atom stereocenters. The maximum absolute atomic E-state index is 12.0. The molecule has 0 radical (unpaired) electrons. The second-order valence-electron chi connectivity index (χ2n) is 4.75. The van der Waals surface area contributed by atoms with Gasteiger partial charge in [-0.05, 0) is 12.8 Å². The van der Waals surface area contributed by atoms with E-state index in [-0.39, 0.29) is 0 Å². The van der Waals surface area contributed by atoms with Crippen molar-refractivity contribution < 1.29 is 19.5 Å². The molecule has 5 N–H and O–H groups in total. The number of aliphatic carboxylic acids is 1. The molecular weight excluding hydrogens is 262 g/mol. The number of carbonyl (C=O) groups excluding carboxylic acids is 2. The molecule has 0 aromatic carbocycles. The molecule has 0 aliphatic rings. The smallest absolute Gasteiger partial charge is 0.326 e. The fourth-order valence-corrected chi connectivity index (χ4v) is 1.79. The first-order chi connectivity index (χ1) is 9.42. The number of carbonyl (C=O) groups is 3. The van der Waals surface area contributed by atoms with Crippen molar-refractivity contribution in [2.75, 3.05) is 0 Å².